The maximum Gasteiger partial charge on any atom is 0.311 e. The summed E-state index contributed by atoms with van der Waals surface area (Å²) in [5, 5.41) is 9.72. The number of fused-ring (bicyclic) bond motifs is 2. The highest BCUT2D eigenvalue weighted by Crippen LogP contribution is 2.52. The number of aromatic nitrogens is 1. The van der Waals surface area contributed by atoms with Gasteiger partial charge in [-0.1, -0.05) is 6.92 Å². The van der Waals surface area contributed by atoms with Gasteiger partial charge >= 0.3 is 5.97 Å². The fraction of sp³-hybridized carbons (Fsp3) is 0.588. The molecule has 1 N–H and O–H groups in total. The SMILES string of the molecule is CCOc1ncccc1C(=O)N1[C@H]2CC[C@@H]1[C@](CC)(C(=O)O)C2. The van der Waals surface area contributed by atoms with Crippen LogP contribution in [0.4, 0.5) is 0 Å². The molecule has 3 rings (SSSR count). The van der Waals surface area contributed by atoms with E-state index < -0.39 is 11.4 Å². The second-order valence-corrected chi connectivity index (χ2v) is 6.27. The van der Waals surface area contributed by atoms with Crippen LogP contribution in [0.25, 0.3) is 0 Å². The molecule has 1 aromatic heterocycles. The molecule has 0 spiro atoms. The van der Waals surface area contributed by atoms with Gasteiger partial charge in [0, 0.05) is 18.3 Å². The Bertz CT molecular complexity index is 633. The van der Waals surface area contributed by atoms with Gasteiger partial charge in [-0.2, -0.15) is 0 Å². The zero-order valence-electron chi connectivity index (χ0n) is 13.5. The first-order valence-corrected chi connectivity index (χ1v) is 8.19. The number of hydrogen-bond acceptors (Lipinski definition) is 4. The van der Waals surface area contributed by atoms with E-state index in [1.807, 2.05) is 13.8 Å². The number of carboxylic acid groups (broad SMARTS) is 1. The highest BCUT2D eigenvalue weighted by molar-refractivity contribution is 5.98. The van der Waals surface area contributed by atoms with Gasteiger partial charge in [0.2, 0.25) is 5.88 Å². The highest BCUT2D eigenvalue weighted by atomic mass is 16.5. The number of amides is 1. The normalized spacial score (nSPS) is 28.9. The van der Waals surface area contributed by atoms with Gasteiger partial charge in [0.15, 0.2) is 0 Å². The van der Waals surface area contributed by atoms with E-state index in [9.17, 15) is 14.7 Å². The number of hydrogen-bond donors (Lipinski definition) is 1. The van der Waals surface area contributed by atoms with E-state index in [0.29, 0.717) is 30.9 Å². The average Bonchev–Trinajstić information content (AvgIpc) is 3.11. The van der Waals surface area contributed by atoms with E-state index in [0.717, 1.165) is 12.8 Å². The number of nitrogens with zero attached hydrogens (tertiary/aromatic N) is 2. The van der Waals surface area contributed by atoms with Crippen molar-refractivity contribution in [2.45, 2.75) is 51.6 Å². The lowest BCUT2D eigenvalue weighted by atomic mass is 9.72. The first-order chi connectivity index (χ1) is 11.0. The number of pyridine rings is 1. The molecule has 2 aliphatic heterocycles. The Kier molecular flexibility index (Phi) is 4.00. The van der Waals surface area contributed by atoms with Crippen LogP contribution in [-0.2, 0) is 4.79 Å². The minimum atomic E-state index is -0.813. The van der Waals surface area contributed by atoms with Crippen molar-refractivity contribution in [1.82, 2.24) is 9.88 Å². The minimum absolute atomic E-state index is 0.00164. The molecule has 23 heavy (non-hydrogen) atoms. The van der Waals surface area contributed by atoms with E-state index in [-0.39, 0.29) is 18.0 Å². The number of rotatable bonds is 5. The zero-order chi connectivity index (χ0) is 16.6. The third-order valence-electron chi connectivity index (χ3n) is 5.31. The van der Waals surface area contributed by atoms with Crippen LogP contribution < -0.4 is 4.74 Å². The summed E-state index contributed by atoms with van der Waals surface area (Å²) >= 11 is 0. The molecule has 2 fully saturated rings. The van der Waals surface area contributed by atoms with Crippen LogP contribution in [0.1, 0.15) is 49.9 Å². The Morgan fingerprint density at radius 1 is 1.43 bits per heavy atom. The van der Waals surface area contributed by atoms with Gasteiger partial charge < -0.3 is 14.7 Å². The van der Waals surface area contributed by atoms with Crippen LogP contribution in [0.5, 0.6) is 5.88 Å². The molecule has 1 amide bonds. The molecule has 3 heterocycles. The van der Waals surface area contributed by atoms with E-state index in [1.165, 1.54) is 0 Å². The molecule has 1 aromatic rings. The van der Waals surface area contributed by atoms with E-state index in [1.54, 1.807) is 23.2 Å². The maximum atomic E-state index is 13.0. The van der Waals surface area contributed by atoms with Crippen LogP contribution in [0, 0.1) is 5.41 Å². The lowest BCUT2D eigenvalue weighted by Crippen LogP contribution is -2.44. The van der Waals surface area contributed by atoms with Gasteiger partial charge in [0.1, 0.15) is 5.56 Å². The Morgan fingerprint density at radius 2 is 2.22 bits per heavy atom. The number of carbonyl (C=O) groups excluding carboxylic acids is 1. The molecule has 2 bridgehead atoms. The summed E-state index contributed by atoms with van der Waals surface area (Å²) in [6, 6.07) is 3.17. The van der Waals surface area contributed by atoms with Gasteiger partial charge in [0.25, 0.3) is 5.91 Å². The van der Waals surface area contributed by atoms with Crippen LogP contribution in [0.3, 0.4) is 0 Å². The van der Waals surface area contributed by atoms with E-state index in [4.69, 9.17) is 4.74 Å². The Labute approximate surface area is 135 Å². The molecule has 0 saturated carbocycles. The summed E-state index contributed by atoms with van der Waals surface area (Å²) in [5.41, 5.74) is -0.393. The summed E-state index contributed by atoms with van der Waals surface area (Å²) in [7, 11) is 0. The minimum Gasteiger partial charge on any atom is -0.481 e. The second kappa shape index (κ2) is 5.83. The van der Waals surface area contributed by atoms with Crippen molar-refractivity contribution in [2.24, 2.45) is 5.41 Å². The summed E-state index contributed by atoms with van der Waals surface area (Å²) < 4.78 is 5.46. The largest absolute Gasteiger partial charge is 0.481 e. The van der Waals surface area contributed by atoms with E-state index in [2.05, 4.69) is 4.98 Å². The van der Waals surface area contributed by atoms with Gasteiger partial charge in [-0.15, -0.1) is 0 Å². The van der Waals surface area contributed by atoms with Gasteiger partial charge in [-0.3, -0.25) is 9.59 Å². The third kappa shape index (κ3) is 2.28. The van der Waals surface area contributed by atoms with Crippen molar-refractivity contribution in [1.29, 1.82) is 0 Å². The molecule has 124 valence electrons. The lowest BCUT2D eigenvalue weighted by Gasteiger charge is -2.32. The lowest BCUT2D eigenvalue weighted by molar-refractivity contribution is -0.151. The van der Waals surface area contributed by atoms with Crippen molar-refractivity contribution >= 4 is 11.9 Å². The topological polar surface area (TPSA) is 79.7 Å². The Morgan fingerprint density at radius 3 is 2.83 bits per heavy atom. The molecule has 2 saturated heterocycles. The predicted octanol–water partition coefficient (Wildman–Crippen LogP) is 2.34. The van der Waals surface area contributed by atoms with Crippen molar-refractivity contribution in [2.75, 3.05) is 6.61 Å². The number of carbonyl (C=O) groups is 2. The summed E-state index contributed by atoms with van der Waals surface area (Å²) in [6.07, 6.45) is 4.29. The summed E-state index contributed by atoms with van der Waals surface area (Å²) in [5.74, 6) is -0.629. The van der Waals surface area contributed by atoms with Gasteiger partial charge in [-0.05, 0) is 44.7 Å². The smallest absolute Gasteiger partial charge is 0.311 e. The third-order valence-corrected chi connectivity index (χ3v) is 5.31. The highest BCUT2D eigenvalue weighted by Gasteiger charge is 2.60. The number of carboxylic acids is 1. The fourth-order valence-corrected chi connectivity index (χ4v) is 4.20. The molecule has 6 nitrogen and oxygen atoms in total. The molecule has 0 unspecified atom stereocenters. The van der Waals surface area contributed by atoms with Crippen LogP contribution in [0.2, 0.25) is 0 Å². The van der Waals surface area contributed by atoms with Crippen molar-refractivity contribution < 1.29 is 19.4 Å². The quantitative estimate of drug-likeness (QED) is 0.901. The van der Waals surface area contributed by atoms with Crippen LogP contribution in [-0.4, -0.2) is 45.6 Å². The average molecular weight is 318 g/mol. The zero-order valence-corrected chi connectivity index (χ0v) is 13.5. The molecule has 0 radical (unpaired) electrons. The summed E-state index contributed by atoms with van der Waals surface area (Å²) in [4.78, 5) is 30.8. The standard InChI is InChI=1S/C17H22N2O4/c1-3-17(16(21)22)10-11-7-8-13(17)19(11)15(20)12-6-5-9-18-14(12)23-4-2/h5-6,9,11,13H,3-4,7-8,10H2,1-2H3,(H,21,22)/t11-,13+,17+/m0/s1. The molecular weight excluding hydrogens is 296 g/mol. The maximum absolute atomic E-state index is 13.0. The van der Waals surface area contributed by atoms with E-state index >= 15 is 0 Å². The Balaban J connectivity index is 1.94. The van der Waals surface area contributed by atoms with Crippen LogP contribution in [0.15, 0.2) is 18.3 Å². The predicted molar refractivity (Wildman–Crippen MR) is 83.4 cm³/mol. The molecule has 2 aliphatic rings. The molecule has 3 atom stereocenters. The molecule has 0 aromatic carbocycles. The van der Waals surface area contributed by atoms with Crippen molar-refractivity contribution in [3.8, 4) is 5.88 Å². The Hall–Kier alpha value is -2.11. The monoisotopic (exact) mass is 318 g/mol. The van der Waals surface area contributed by atoms with Crippen molar-refractivity contribution in [3.63, 3.8) is 0 Å². The molecule has 0 aliphatic carbocycles. The first kappa shape index (κ1) is 15.8. The first-order valence-electron chi connectivity index (χ1n) is 8.19. The molecule has 6 heteroatoms. The summed E-state index contributed by atoms with van der Waals surface area (Å²) in [6.45, 7) is 4.17. The van der Waals surface area contributed by atoms with Crippen LogP contribution >= 0.6 is 0 Å². The molecular formula is C17H22N2O4. The fourth-order valence-electron chi connectivity index (χ4n) is 4.20. The second-order valence-electron chi connectivity index (χ2n) is 6.27. The van der Waals surface area contributed by atoms with Gasteiger partial charge in [-0.25, -0.2) is 4.98 Å². The number of ether oxygens (including phenoxy) is 1. The number of aliphatic carboxylic acids is 1. The van der Waals surface area contributed by atoms with Gasteiger partial charge in [0.05, 0.1) is 12.0 Å². The van der Waals surface area contributed by atoms with Crippen molar-refractivity contribution in [3.05, 3.63) is 23.9 Å².